The summed E-state index contributed by atoms with van der Waals surface area (Å²) < 4.78 is 0. The monoisotopic (exact) mass is 188 g/mol. The molecule has 0 aromatic carbocycles. The van der Waals surface area contributed by atoms with Gasteiger partial charge in [0.05, 0.1) is 0 Å². The maximum atomic E-state index is 3.48. The third kappa shape index (κ3) is 148. The molecule has 0 heterocycles. The van der Waals surface area contributed by atoms with Crippen LogP contribution in [-0.4, -0.2) is 0 Å². The van der Waals surface area contributed by atoms with Crippen LogP contribution < -0.4 is 0 Å². The van der Waals surface area contributed by atoms with E-state index in [9.17, 15) is 0 Å². The number of rotatable bonds is 3. The average Bonchev–Trinajstić information content (AvgIpc) is 2.25. The van der Waals surface area contributed by atoms with Gasteiger partial charge in [0.1, 0.15) is 0 Å². The lowest BCUT2D eigenvalue weighted by Gasteiger charge is -1.79. The Hall–Kier alpha value is -0.260. The topological polar surface area (TPSA) is 0 Å². The standard InChI is InChI=1S/C5H12.C4H8.2C2H6/c1-3-5-4-2;1-3-4-2;2*1-2/h3-5H2,1-2H3;3H,1,4H2,2H3;2*1-2H3. The maximum absolute atomic E-state index is 3.48. The third-order valence-corrected chi connectivity index (χ3v) is 0.996. The minimum absolute atomic E-state index is 1.08. The smallest absolute Gasteiger partial charge is 0.0382 e. The van der Waals surface area contributed by atoms with E-state index in [-0.39, 0.29) is 0 Å². The second-order valence-electron chi connectivity index (χ2n) is 2.05. The lowest BCUT2D eigenvalue weighted by molar-refractivity contribution is 0.772. The second kappa shape index (κ2) is 60.3. The molecule has 0 rings (SSSR count). The van der Waals surface area contributed by atoms with Crippen LogP contribution in [-0.2, 0) is 0 Å². The Kier molecular flexibility index (Phi) is 107. The molecule has 0 N–H and O–H groups in total. The van der Waals surface area contributed by atoms with Crippen molar-refractivity contribution in [2.75, 3.05) is 0 Å². The molecule has 0 aromatic heterocycles. The summed E-state index contributed by atoms with van der Waals surface area (Å²) in [6.45, 7) is 18.0. The highest BCUT2D eigenvalue weighted by molar-refractivity contribution is 4.60. The molecule has 0 atom stereocenters. The summed E-state index contributed by atoms with van der Waals surface area (Å²) in [5.74, 6) is 0. The van der Waals surface area contributed by atoms with Crippen molar-refractivity contribution in [3.8, 4) is 0 Å². The first-order valence-electron chi connectivity index (χ1n) is 5.94. The first-order valence-corrected chi connectivity index (χ1v) is 5.94. The number of hydrogen-bond donors (Lipinski definition) is 0. The van der Waals surface area contributed by atoms with E-state index in [1.807, 2.05) is 33.8 Å². The number of allylic oxidation sites excluding steroid dienone is 1. The molecule has 0 aliphatic carbocycles. The van der Waals surface area contributed by atoms with E-state index in [4.69, 9.17) is 0 Å². The summed E-state index contributed by atoms with van der Waals surface area (Å²) in [6, 6.07) is 0. The lowest BCUT2D eigenvalue weighted by atomic mass is 10.3. The largest absolute Gasteiger partial charge is 0.103 e. The summed E-state index contributed by atoms with van der Waals surface area (Å²) in [5, 5.41) is 0. The first kappa shape index (κ1) is 23.0. The van der Waals surface area contributed by atoms with Crippen molar-refractivity contribution in [1.29, 1.82) is 0 Å². The molecule has 0 spiro atoms. The van der Waals surface area contributed by atoms with Crippen molar-refractivity contribution in [1.82, 2.24) is 0 Å². The van der Waals surface area contributed by atoms with Gasteiger partial charge in [-0.15, -0.1) is 6.58 Å². The van der Waals surface area contributed by atoms with Crippen LogP contribution in [0.4, 0.5) is 0 Å². The fourth-order valence-corrected chi connectivity index (χ4v) is 0.354. The van der Waals surface area contributed by atoms with Crippen LogP contribution in [0.1, 0.15) is 74.1 Å². The van der Waals surface area contributed by atoms with Gasteiger partial charge in [0.25, 0.3) is 0 Å². The summed E-state index contributed by atoms with van der Waals surface area (Å²) in [4.78, 5) is 0. The van der Waals surface area contributed by atoms with Crippen LogP contribution in [0.5, 0.6) is 0 Å². The fraction of sp³-hybridized carbons (Fsp3) is 0.846. The lowest BCUT2D eigenvalue weighted by Crippen LogP contribution is -1.59. The Morgan fingerprint density at radius 2 is 1.08 bits per heavy atom. The summed E-state index contributed by atoms with van der Waals surface area (Å²) in [5.41, 5.74) is 0. The van der Waals surface area contributed by atoms with E-state index < -0.39 is 0 Å². The molecule has 0 bridgehead atoms. The van der Waals surface area contributed by atoms with Crippen LogP contribution in [0.15, 0.2) is 12.7 Å². The number of hydrogen-bond acceptors (Lipinski definition) is 0. The molecule has 84 valence electrons. The van der Waals surface area contributed by atoms with Gasteiger partial charge in [-0.3, -0.25) is 0 Å². The van der Waals surface area contributed by atoms with E-state index in [0.29, 0.717) is 0 Å². The maximum Gasteiger partial charge on any atom is -0.0382 e. The SMILES string of the molecule is C=CCC.CC.CC.CCCCC. The van der Waals surface area contributed by atoms with Crippen molar-refractivity contribution < 1.29 is 0 Å². The van der Waals surface area contributed by atoms with Crippen molar-refractivity contribution in [3.05, 3.63) is 12.7 Å². The van der Waals surface area contributed by atoms with Crippen LogP contribution >= 0.6 is 0 Å². The second-order valence-corrected chi connectivity index (χ2v) is 2.05. The van der Waals surface area contributed by atoms with Gasteiger partial charge in [-0.2, -0.15) is 0 Å². The Labute approximate surface area is 87.4 Å². The predicted molar refractivity (Wildman–Crippen MR) is 68.4 cm³/mol. The van der Waals surface area contributed by atoms with E-state index in [2.05, 4.69) is 27.4 Å². The molecule has 0 aromatic rings. The molecule has 0 aliphatic rings. The summed E-state index contributed by atoms with van der Waals surface area (Å²) in [6.07, 6.45) is 7.03. The van der Waals surface area contributed by atoms with Crippen LogP contribution in [0.2, 0.25) is 0 Å². The molecule has 0 nitrogen and oxygen atoms in total. The zero-order chi connectivity index (χ0) is 11.5. The molecule has 0 amide bonds. The molecular weight excluding hydrogens is 156 g/mol. The van der Waals surface area contributed by atoms with E-state index >= 15 is 0 Å². The van der Waals surface area contributed by atoms with Gasteiger partial charge in [-0.05, 0) is 6.42 Å². The summed E-state index contributed by atoms with van der Waals surface area (Å²) >= 11 is 0. The zero-order valence-corrected chi connectivity index (χ0v) is 11.1. The zero-order valence-electron chi connectivity index (χ0n) is 11.1. The highest BCUT2D eigenvalue weighted by Crippen LogP contribution is 1.88. The molecule has 0 unspecified atom stereocenters. The van der Waals surface area contributed by atoms with Crippen molar-refractivity contribution in [2.24, 2.45) is 0 Å². The van der Waals surface area contributed by atoms with Gasteiger partial charge >= 0.3 is 0 Å². The van der Waals surface area contributed by atoms with Gasteiger partial charge in [0.15, 0.2) is 0 Å². The molecule has 13 heavy (non-hydrogen) atoms. The normalized spacial score (nSPS) is 6.08. The molecule has 0 aliphatic heterocycles. The third-order valence-electron chi connectivity index (χ3n) is 0.996. The molecule has 0 fully saturated rings. The minimum atomic E-state index is 1.08. The van der Waals surface area contributed by atoms with Gasteiger partial charge in [0, 0.05) is 0 Å². The van der Waals surface area contributed by atoms with Gasteiger partial charge < -0.3 is 0 Å². The van der Waals surface area contributed by atoms with Crippen molar-refractivity contribution >= 4 is 0 Å². The quantitative estimate of drug-likeness (QED) is 0.489. The average molecular weight is 188 g/mol. The fourth-order valence-electron chi connectivity index (χ4n) is 0.354. The Morgan fingerprint density at radius 3 is 1.08 bits per heavy atom. The molecule has 0 radical (unpaired) electrons. The highest BCUT2D eigenvalue weighted by atomic mass is 13.7. The Bertz CT molecular complexity index is 35.3. The first-order chi connectivity index (χ1) is 6.33. The minimum Gasteiger partial charge on any atom is -0.103 e. The van der Waals surface area contributed by atoms with Gasteiger partial charge in [-0.1, -0.05) is 73.8 Å². The van der Waals surface area contributed by atoms with Crippen molar-refractivity contribution in [2.45, 2.75) is 74.1 Å². The van der Waals surface area contributed by atoms with Crippen LogP contribution in [0.3, 0.4) is 0 Å². The Morgan fingerprint density at radius 1 is 0.846 bits per heavy atom. The van der Waals surface area contributed by atoms with Crippen molar-refractivity contribution in [3.63, 3.8) is 0 Å². The Balaban J connectivity index is -0.0000000457. The van der Waals surface area contributed by atoms with Crippen LogP contribution in [0.25, 0.3) is 0 Å². The molecular formula is C13H32. The number of unbranched alkanes of at least 4 members (excludes halogenated alkanes) is 2. The van der Waals surface area contributed by atoms with E-state index in [1.165, 1.54) is 19.3 Å². The molecule has 0 saturated heterocycles. The highest BCUT2D eigenvalue weighted by Gasteiger charge is 1.68. The molecule has 0 heteroatoms. The van der Waals surface area contributed by atoms with E-state index in [1.54, 1.807) is 0 Å². The molecule has 0 saturated carbocycles. The van der Waals surface area contributed by atoms with Gasteiger partial charge in [-0.25, -0.2) is 0 Å². The predicted octanol–water partition coefficient (Wildman–Crippen LogP) is 5.83. The van der Waals surface area contributed by atoms with E-state index in [0.717, 1.165) is 6.42 Å². The van der Waals surface area contributed by atoms with Gasteiger partial charge in [0.2, 0.25) is 0 Å². The van der Waals surface area contributed by atoms with Crippen LogP contribution in [0, 0.1) is 0 Å². The summed E-state index contributed by atoms with van der Waals surface area (Å²) in [7, 11) is 0.